The van der Waals surface area contributed by atoms with Crippen molar-refractivity contribution < 1.29 is 23.8 Å². The molecule has 0 aromatic heterocycles. The molecule has 0 heterocycles. The molecule has 1 aromatic carbocycles. The van der Waals surface area contributed by atoms with Crippen LogP contribution in [-0.2, 0) is 4.79 Å². The third kappa shape index (κ3) is 5.78. The quantitative estimate of drug-likeness (QED) is 0.697. The molecule has 0 fully saturated rings. The van der Waals surface area contributed by atoms with E-state index in [1.807, 2.05) is 13.8 Å². The number of aliphatic carboxylic acids is 1. The maximum absolute atomic E-state index is 13.5. The third-order valence-corrected chi connectivity index (χ3v) is 2.52. The van der Waals surface area contributed by atoms with E-state index in [0.717, 1.165) is 6.07 Å². The SMILES string of the molecule is CC(C)COc1cc(F)cc(C(=O)NC[C@@H](N)C(=O)O)c1. The van der Waals surface area contributed by atoms with Crippen molar-refractivity contribution in [3.63, 3.8) is 0 Å². The fraction of sp³-hybridized carbons (Fsp3) is 0.429. The van der Waals surface area contributed by atoms with E-state index >= 15 is 0 Å². The Bertz CT molecular complexity index is 520. The van der Waals surface area contributed by atoms with Gasteiger partial charge in [-0.2, -0.15) is 0 Å². The van der Waals surface area contributed by atoms with Gasteiger partial charge in [-0.1, -0.05) is 13.8 Å². The minimum Gasteiger partial charge on any atom is -0.493 e. The largest absolute Gasteiger partial charge is 0.493 e. The summed E-state index contributed by atoms with van der Waals surface area (Å²) in [6.07, 6.45) is 0. The lowest BCUT2D eigenvalue weighted by Gasteiger charge is -2.11. The summed E-state index contributed by atoms with van der Waals surface area (Å²) in [5.74, 6) is -1.93. The topological polar surface area (TPSA) is 102 Å². The maximum atomic E-state index is 13.5. The monoisotopic (exact) mass is 298 g/mol. The van der Waals surface area contributed by atoms with Crippen LogP contribution in [0.4, 0.5) is 4.39 Å². The first-order valence-corrected chi connectivity index (χ1v) is 6.49. The molecule has 0 aliphatic heterocycles. The fourth-order valence-corrected chi connectivity index (χ4v) is 1.43. The molecule has 7 heteroatoms. The predicted molar refractivity (Wildman–Crippen MR) is 74.7 cm³/mol. The van der Waals surface area contributed by atoms with Crippen molar-refractivity contribution in [3.05, 3.63) is 29.6 Å². The Morgan fingerprint density at radius 2 is 2.05 bits per heavy atom. The van der Waals surface area contributed by atoms with E-state index in [1.165, 1.54) is 12.1 Å². The van der Waals surface area contributed by atoms with Gasteiger partial charge in [0.15, 0.2) is 0 Å². The Morgan fingerprint density at radius 1 is 1.38 bits per heavy atom. The number of amides is 1. The number of carboxylic acids is 1. The van der Waals surface area contributed by atoms with Gasteiger partial charge < -0.3 is 20.9 Å². The van der Waals surface area contributed by atoms with Crippen LogP contribution in [0.3, 0.4) is 0 Å². The van der Waals surface area contributed by atoms with Crippen molar-refractivity contribution in [3.8, 4) is 5.75 Å². The molecule has 0 saturated heterocycles. The van der Waals surface area contributed by atoms with Crippen LogP contribution >= 0.6 is 0 Å². The molecule has 0 unspecified atom stereocenters. The van der Waals surface area contributed by atoms with Gasteiger partial charge in [-0.05, 0) is 18.1 Å². The molecule has 1 atom stereocenters. The number of nitrogens with one attached hydrogen (secondary N) is 1. The Balaban J connectivity index is 2.73. The summed E-state index contributed by atoms with van der Waals surface area (Å²) in [6.45, 7) is 4.04. The van der Waals surface area contributed by atoms with Gasteiger partial charge in [-0.15, -0.1) is 0 Å². The molecule has 1 aromatic rings. The van der Waals surface area contributed by atoms with Crippen LogP contribution < -0.4 is 15.8 Å². The molecule has 0 aliphatic rings. The summed E-state index contributed by atoms with van der Waals surface area (Å²) in [7, 11) is 0. The highest BCUT2D eigenvalue weighted by atomic mass is 19.1. The Morgan fingerprint density at radius 3 is 2.62 bits per heavy atom. The van der Waals surface area contributed by atoms with Gasteiger partial charge in [-0.25, -0.2) is 4.39 Å². The van der Waals surface area contributed by atoms with Crippen molar-refractivity contribution >= 4 is 11.9 Å². The van der Waals surface area contributed by atoms with E-state index in [2.05, 4.69) is 5.32 Å². The second kappa shape index (κ2) is 7.58. The number of benzene rings is 1. The molecule has 21 heavy (non-hydrogen) atoms. The van der Waals surface area contributed by atoms with Crippen molar-refractivity contribution in [2.45, 2.75) is 19.9 Å². The molecule has 116 valence electrons. The number of hydrogen-bond acceptors (Lipinski definition) is 4. The Kier molecular flexibility index (Phi) is 6.10. The summed E-state index contributed by atoms with van der Waals surface area (Å²) in [5, 5.41) is 11.0. The van der Waals surface area contributed by atoms with E-state index in [0.29, 0.717) is 6.61 Å². The zero-order valence-corrected chi connectivity index (χ0v) is 11.9. The molecule has 0 aliphatic carbocycles. The predicted octanol–water partition coefficient (Wildman–Crippen LogP) is 1.00. The Hall–Kier alpha value is -2.15. The first-order chi connectivity index (χ1) is 9.79. The van der Waals surface area contributed by atoms with Crippen LogP contribution in [0, 0.1) is 11.7 Å². The first kappa shape index (κ1) is 16.9. The number of halogens is 1. The summed E-state index contributed by atoms with van der Waals surface area (Å²) in [4.78, 5) is 22.4. The number of ether oxygens (including phenoxy) is 1. The van der Waals surface area contributed by atoms with Gasteiger partial charge in [0.1, 0.15) is 17.6 Å². The van der Waals surface area contributed by atoms with Crippen LogP contribution in [0.25, 0.3) is 0 Å². The summed E-state index contributed by atoms with van der Waals surface area (Å²) in [6, 6.07) is 2.41. The average molecular weight is 298 g/mol. The smallest absolute Gasteiger partial charge is 0.322 e. The van der Waals surface area contributed by atoms with E-state index in [9.17, 15) is 14.0 Å². The lowest BCUT2D eigenvalue weighted by Crippen LogP contribution is -2.42. The Labute approximate surface area is 122 Å². The van der Waals surface area contributed by atoms with Gasteiger partial charge in [0.2, 0.25) is 0 Å². The third-order valence-electron chi connectivity index (χ3n) is 2.52. The molecule has 0 saturated carbocycles. The minimum atomic E-state index is -1.23. The van der Waals surface area contributed by atoms with Crippen LogP contribution in [-0.4, -0.2) is 36.2 Å². The van der Waals surface area contributed by atoms with Crippen molar-refractivity contribution in [2.24, 2.45) is 11.7 Å². The fourth-order valence-electron chi connectivity index (χ4n) is 1.43. The molecule has 0 spiro atoms. The number of carbonyl (C=O) groups is 2. The highest BCUT2D eigenvalue weighted by Gasteiger charge is 2.15. The van der Waals surface area contributed by atoms with Crippen molar-refractivity contribution in [1.29, 1.82) is 0 Å². The molecule has 0 bridgehead atoms. The standard InChI is InChI=1S/C14H19FN2O4/c1-8(2)7-21-11-4-9(3-10(15)5-11)13(18)17-6-12(16)14(19)20/h3-5,8,12H,6-7,16H2,1-2H3,(H,17,18)(H,19,20)/t12-/m1/s1. The normalized spacial score (nSPS) is 12.0. The molecular weight excluding hydrogens is 279 g/mol. The zero-order chi connectivity index (χ0) is 16.0. The van der Waals surface area contributed by atoms with Gasteiger partial charge in [0.25, 0.3) is 5.91 Å². The molecule has 0 radical (unpaired) electrons. The van der Waals surface area contributed by atoms with Crippen LogP contribution in [0.15, 0.2) is 18.2 Å². The molecule has 1 amide bonds. The maximum Gasteiger partial charge on any atom is 0.322 e. The van der Waals surface area contributed by atoms with Crippen molar-refractivity contribution in [2.75, 3.05) is 13.2 Å². The van der Waals surface area contributed by atoms with Crippen LogP contribution in [0.2, 0.25) is 0 Å². The lowest BCUT2D eigenvalue weighted by atomic mass is 10.2. The van der Waals surface area contributed by atoms with E-state index < -0.39 is 23.7 Å². The van der Waals surface area contributed by atoms with E-state index in [-0.39, 0.29) is 23.8 Å². The minimum absolute atomic E-state index is 0.0475. The number of hydrogen-bond donors (Lipinski definition) is 3. The summed E-state index contributed by atoms with van der Waals surface area (Å²) >= 11 is 0. The van der Waals surface area contributed by atoms with Crippen LogP contribution in [0.1, 0.15) is 24.2 Å². The highest BCUT2D eigenvalue weighted by Crippen LogP contribution is 2.17. The lowest BCUT2D eigenvalue weighted by molar-refractivity contribution is -0.138. The first-order valence-electron chi connectivity index (χ1n) is 6.49. The van der Waals surface area contributed by atoms with E-state index in [4.69, 9.17) is 15.6 Å². The number of rotatable bonds is 7. The highest BCUT2D eigenvalue weighted by molar-refractivity contribution is 5.94. The van der Waals surface area contributed by atoms with Gasteiger partial charge in [0, 0.05) is 18.2 Å². The molecule has 1 rings (SSSR count). The second-order valence-electron chi connectivity index (χ2n) is 5.04. The molecule has 4 N–H and O–H groups in total. The van der Waals surface area contributed by atoms with E-state index in [1.54, 1.807) is 0 Å². The number of nitrogens with two attached hydrogens (primary N) is 1. The van der Waals surface area contributed by atoms with Gasteiger partial charge in [-0.3, -0.25) is 9.59 Å². The number of carboxylic acid groups (broad SMARTS) is 1. The van der Waals surface area contributed by atoms with Crippen molar-refractivity contribution in [1.82, 2.24) is 5.32 Å². The summed E-state index contributed by atoms with van der Waals surface area (Å²) in [5.41, 5.74) is 5.32. The second-order valence-corrected chi connectivity index (χ2v) is 5.04. The molecule has 6 nitrogen and oxygen atoms in total. The van der Waals surface area contributed by atoms with Gasteiger partial charge >= 0.3 is 5.97 Å². The van der Waals surface area contributed by atoms with Gasteiger partial charge in [0.05, 0.1) is 6.61 Å². The number of carbonyl (C=O) groups excluding carboxylic acids is 1. The zero-order valence-electron chi connectivity index (χ0n) is 11.9. The molecular formula is C14H19FN2O4. The van der Waals surface area contributed by atoms with Crippen LogP contribution in [0.5, 0.6) is 5.75 Å². The summed E-state index contributed by atoms with van der Waals surface area (Å²) < 4.78 is 18.8. The average Bonchev–Trinajstić information content (AvgIpc) is 2.41.